The normalized spacial score (nSPS) is 14.8. The van der Waals surface area contributed by atoms with Gasteiger partial charge in [0.15, 0.2) is 0 Å². The SMILES string of the molecule is CN(CCOCC1CC1)c1ccc(Br)cc1CO. The van der Waals surface area contributed by atoms with Crippen molar-refractivity contribution in [2.75, 3.05) is 31.7 Å². The minimum absolute atomic E-state index is 0.0576. The molecule has 18 heavy (non-hydrogen) atoms. The molecule has 0 atom stereocenters. The lowest BCUT2D eigenvalue weighted by Crippen LogP contribution is -2.24. The number of anilines is 1. The van der Waals surface area contributed by atoms with Crippen LogP contribution in [0.3, 0.4) is 0 Å². The lowest BCUT2D eigenvalue weighted by molar-refractivity contribution is 0.131. The molecule has 100 valence electrons. The first-order valence-corrected chi connectivity index (χ1v) is 7.18. The summed E-state index contributed by atoms with van der Waals surface area (Å²) >= 11 is 3.42. The molecule has 2 rings (SSSR count). The van der Waals surface area contributed by atoms with E-state index in [4.69, 9.17) is 4.74 Å². The summed E-state index contributed by atoms with van der Waals surface area (Å²) in [4.78, 5) is 2.13. The Morgan fingerprint density at radius 2 is 2.22 bits per heavy atom. The van der Waals surface area contributed by atoms with Gasteiger partial charge in [0, 0.05) is 35.9 Å². The number of aliphatic hydroxyl groups is 1. The monoisotopic (exact) mass is 313 g/mol. The predicted octanol–water partition coefficient (Wildman–Crippen LogP) is 2.80. The summed E-state index contributed by atoms with van der Waals surface area (Å²) in [6, 6.07) is 5.98. The summed E-state index contributed by atoms with van der Waals surface area (Å²) in [5, 5.41) is 9.37. The summed E-state index contributed by atoms with van der Waals surface area (Å²) in [6.07, 6.45) is 2.66. The minimum Gasteiger partial charge on any atom is -0.392 e. The number of hydrogen-bond donors (Lipinski definition) is 1. The predicted molar refractivity (Wildman–Crippen MR) is 76.9 cm³/mol. The van der Waals surface area contributed by atoms with E-state index in [0.717, 1.165) is 41.4 Å². The Labute approximate surface area is 117 Å². The van der Waals surface area contributed by atoms with E-state index in [2.05, 4.69) is 20.8 Å². The van der Waals surface area contributed by atoms with Crippen LogP contribution in [0, 0.1) is 5.92 Å². The Morgan fingerprint density at radius 3 is 2.89 bits per heavy atom. The molecule has 1 aromatic rings. The van der Waals surface area contributed by atoms with E-state index in [9.17, 15) is 5.11 Å². The Bertz CT molecular complexity index is 393. The average Bonchev–Trinajstić information content (AvgIpc) is 3.18. The molecule has 1 saturated carbocycles. The van der Waals surface area contributed by atoms with Crippen LogP contribution in [0.5, 0.6) is 0 Å². The fraction of sp³-hybridized carbons (Fsp3) is 0.571. The molecule has 0 aliphatic heterocycles. The molecule has 0 radical (unpaired) electrons. The Balaban J connectivity index is 1.84. The van der Waals surface area contributed by atoms with Gasteiger partial charge in [0.05, 0.1) is 13.2 Å². The van der Waals surface area contributed by atoms with Crippen molar-refractivity contribution in [3.05, 3.63) is 28.2 Å². The molecule has 0 heterocycles. The van der Waals surface area contributed by atoms with Gasteiger partial charge in [0.1, 0.15) is 0 Å². The van der Waals surface area contributed by atoms with Crippen molar-refractivity contribution < 1.29 is 9.84 Å². The van der Waals surface area contributed by atoms with E-state index in [1.165, 1.54) is 12.8 Å². The van der Waals surface area contributed by atoms with Crippen LogP contribution < -0.4 is 4.90 Å². The van der Waals surface area contributed by atoms with E-state index in [-0.39, 0.29) is 6.61 Å². The van der Waals surface area contributed by atoms with Gasteiger partial charge < -0.3 is 14.7 Å². The number of likely N-dealkylation sites (N-methyl/N-ethyl adjacent to an activating group) is 1. The van der Waals surface area contributed by atoms with Crippen LogP contribution in [0.2, 0.25) is 0 Å². The smallest absolute Gasteiger partial charge is 0.0702 e. The highest BCUT2D eigenvalue weighted by Gasteiger charge is 2.21. The molecule has 4 heteroatoms. The number of nitrogens with zero attached hydrogens (tertiary/aromatic N) is 1. The van der Waals surface area contributed by atoms with Crippen molar-refractivity contribution in [1.82, 2.24) is 0 Å². The molecule has 0 unspecified atom stereocenters. The molecule has 1 fully saturated rings. The third kappa shape index (κ3) is 3.97. The first-order valence-electron chi connectivity index (χ1n) is 6.39. The topological polar surface area (TPSA) is 32.7 Å². The summed E-state index contributed by atoms with van der Waals surface area (Å²) in [7, 11) is 2.03. The maximum Gasteiger partial charge on any atom is 0.0702 e. The highest BCUT2D eigenvalue weighted by atomic mass is 79.9. The van der Waals surface area contributed by atoms with Gasteiger partial charge >= 0.3 is 0 Å². The third-order valence-electron chi connectivity index (χ3n) is 3.24. The van der Waals surface area contributed by atoms with Gasteiger partial charge in [0.25, 0.3) is 0 Å². The number of hydrogen-bond acceptors (Lipinski definition) is 3. The van der Waals surface area contributed by atoms with Crippen LogP contribution in [-0.4, -0.2) is 31.9 Å². The maximum atomic E-state index is 9.37. The van der Waals surface area contributed by atoms with Gasteiger partial charge in [-0.15, -0.1) is 0 Å². The van der Waals surface area contributed by atoms with Gasteiger partial charge in [-0.2, -0.15) is 0 Å². The van der Waals surface area contributed by atoms with E-state index in [1.54, 1.807) is 0 Å². The quantitative estimate of drug-likeness (QED) is 0.786. The second kappa shape index (κ2) is 6.55. The van der Waals surface area contributed by atoms with Gasteiger partial charge in [0.2, 0.25) is 0 Å². The van der Waals surface area contributed by atoms with Gasteiger partial charge in [-0.3, -0.25) is 0 Å². The van der Waals surface area contributed by atoms with Crippen molar-refractivity contribution in [2.24, 2.45) is 5.92 Å². The molecule has 1 N–H and O–H groups in total. The molecule has 1 aromatic carbocycles. The van der Waals surface area contributed by atoms with Crippen molar-refractivity contribution in [2.45, 2.75) is 19.4 Å². The molecule has 0 aromatic heterocycles. The summed E-state index contributed by atoms with van der Waals surface area (Å²) in [6.45, 7) is 2.55. The third-order valence-corrected chi connectivity index (χ3v) is 3.74. The van der Waals surface area contributed by atoms with E-state index in [0.29, 0.717) is 0 Å². The lowest BCUT2D eigenvalue weighted by atomic mass is 10.2. The zero-order valence-corrected chi connectivity index (χ0v) is 12.3. The van der Waals surface area contributed by atoms with Crippen LogP contribution in [0.25, 0.3) is 0 Å². The van der Waals surface area contributed by atoms with Crippen LogP contribution >= 0.6 is 15.9 Å². The standard InChI is InChI=1S/C14H20BrNO2/c1-16(6-7-18-10-11-2-3-11)14-5-4-13(15)8-12(14)9-17/h4-5,8,11,17H,2-3,6-7,9-10H2,1H3. The zero-order valence-electron chi connectivity index (χ0n) is 10.7. The van der Waals surface area contributed by atoms with E-state index in [1.807, 2.05) is 25.2 Å². The Morgan fingerprint density at radius 1 is 1.44 bits per heavy atom. The van der Waals surface area contributed by atoms with Crippen LogP contribution in [0.1, 0.15) is 18.4 Å². The van der Waals surface area contributed by atoms with Crippen molar-refractivity contribution in [1.29, 1.82) is 0 Å². The van der Waals surface area contributed by atoms with Gasteiger partial charge in [-0.25, -0.2) is 0 Å². The first kappa shape index (κ1) is 13.8. The molecule has 1 aliphatic rings. The summed E-state index contributed by atoms with van der Waals surface area (Å²) < 4.78 is 6.63. The fourth-order valence-corrected chi connectivity index (χ4v) is 2.32. The Kier molecular flexibility index (Phi) is 5.03. The number of aliphatic hydroxyl groups excluding tert-OH is 1. The molecule has 0 bridgehead atoms. The number of ether oxygens (including phenoxy) is 1. The molecule has 0 amide bonds. The molecular formula is C14H20BrNO2. The molecule has 1 aliphatic carbocycles. The maximum absolute atomic E-state index is 9.37. The molecular weight excluding hydrogens is 294 g/mol. The second-order valence-corrected chi connectivity index (χ2v) is 5.79. The highest BCUT2D eigenvalue weighted by molar-refractivity contribution is 9.10. The van der Waals surface area contributed by atoms with Crippen molar-refractivity contribution in [3.63, 3.8) is 0 Å². The van der Waals surface area contributed by atoms with Crippen LogP contribution in [0.4, 0.5) is 5.69 Å². The first-order chi connectivity index (χ1) is 8.70. The zero-order chi connectivity index (χ0) is 13.0. The summed E-state index contributed by atoms with van der Waals surface area (Å²) in [5.41, 5.74) is 2.00. The van der Waals surface area contributed by atoms with Gasteiger partial charge in [-0.1, -0.05) is 15.9 Å². The van der Waals surface area contributed by atoms with Crippen LogP contribution in [0.15, 0.2) is 22.7 Å². The number of halogens is 1. The molecule has 3 nitrogen and oxygen atoms in total. The highest BCUT2D eigenvalue weighted by Crippen LogP contribution is 2.28. The van der Waals surface area contributed by atoms with Crippen molar-refractivity contribution >= 4 is 21.6 Å². The van der Waals surface area contributed by atoms with E-state index >= 15 is 0 Å². The fourth-order valence-electron chi connectivity index (χ4n) is 1.91. The largest absolute Gasteiger partial charge is 0.392 e. The minimum atomic E-state index is 0.0576. The number of rotatable bonds is 7. The average molecular weight is 314 g/mol. The Hall–Kier alpha value is -0.580. The van der Waals surface area contributed by atoms with E-state index < -0.39 is 0 Å². The molecule has 0 spiro atoms. The van der Waals surface area contributed by atoms with Crippen LogP contribution in [-0.2, 0) is 11.3 Å². The summed E-state index contributed by atoms with van der Waals surface area (Å²) in [5.74, 6) is 0.816. The molecule has 0 saturated heterocycles. The van der Waals surface area contributed by atoms with Crippen molar-refractivity contribution in [3.8, 4) is 0 Å². The number of benzene rings is 1. The second-order valence-electron chi connectivity index (χ2n) is 4.87. The lowest BCUT2D eigenvalue weighted by Gasteiger charge is -2.22. The van der Waals surface area contributed by atoms with Gasteiger partial charge in [-0.05, 0) is 37.0 Å².